The smallest absolute Gasteiger partial charge is 0.477 e. The first kappa shape index (κ1) is 25.9. The second-order valence-corrected chi connectivity index (χ2v) is 16.3. The molecule has 0 radical (unpaired) electrons. The van der Waals surface area contributed by atoms with E-state index < -0.39 is 38.4 Å². The Morgan fingerprint density at radius 1 is 1.18 bits per heavy atom. The lowest BCUT2D eigenvalue weighted by Gasteiger charge is -2.36. The molecule has 1 aromatic carbocycles. The van der Waals surface area contributed by atoms with E-state index in [-0.39, 0.29) is 16.2 Å². The summed E-state index contributed by atoms with van der Waals surface area (Å²) in [6.07, 6.45) is 1.17. The van der Waals surface area contributed by atoms with Crippen LogP contribution in [0.5, 0.6) is 0 Å². The minimum atomic E-state index is -1.88. The van der Waals surface area contributed by atoms with Crippen LogP contribution in [-0.4, -0.2) is 49.3 Å². The number of nitrogens with one attached hydrogen (secondary N) is 1. The van der Waals surface area contributed by atoms with Crippen LogP contribution >= 0.6 is 0 Å². The Bertz CT molecular complexity index is 1040. The summed E-state index contributed by atoms with van der Waals surface area (Å²) in [5.41, 5.74) is 0.0509. The fourth-order valence-corrected chi connectivity index (χ4v) is 4.83. The summed E-state index contributed by atoms with van der Waals surface area (Å²) >= 11 is 0. The van der Waals surface area contributed by atoms with Gasteiger partial charge in [0.05, 0.1) is 11.2 Å². The van der Waals surface area contributed by atoms with Crippen molar-refractivity contribution in [2.45, 2.75) is 90.6 Å². The minimum Gasteiger partial charge on any atom is -0.477 e. The van der Waals surface area contributed by atoms with Gasteiger partial charge in [-0.3, -0.25) is 0 Å². The number of aromatic amines is 1. The third-order valence-corrected chi connectivity index (χ3v) is 12.2. The molecule has 0 amide bonds. The summed E-state index contributed by atoms with van der Waals surface area (Å²) in [6, 6.07) is 2.99. The van der Waals surface area contributed by atoms with Crippen LogP contribution in [-0.2, 0) is 20.2 Å². The fraction of sp³-hybridized carbons (Fsp3) is 0.625. The summed E-state index contributed by atoms with van der Waals surface area (Å²) in [4.78, 5) is 15.0. The van der Waals surface area contributed by atoms with Crippen LogP contribution in [0.25, 0.3) is 10.9 Å². The van der Waals surface area contributed by atoms with Gasteiger partial charge in [0, 0.05) is 23.0 Å². The van der Waals surface area contributed by atoms with Crippen LogP contribution in [0, 0.1) is 5.82 Å². The van der Waals surface area contributed by atoms with Gasteiger partial charge >= 0.3 is 13.1 Å². The third kappa shape index (κ3) is 4.78. The van der Waals surface area contributed by atoms with Gasteiger partial charge in [-0.05, 0) is 76.4 Å². The highest BCUT2D eigenvalue weighted by molar-refractivity contribution is 6.74. The van der Waals surface area contributed by atoms with E-state index in [2.05, 4.69) is 38.8 Å². The Morgan fingerprint density at radius 2 is 1.76 bits per heavy atom. The second kappa shape index (κ2) is 8.52. The van der Waals surface area contributed by atoms with E-state index in [9.17, 15) is 9.90 Å². The molecule has 2 aromatic rings. The maximum atomic E-state index is 15.0. The summed E-state index contributed by atoms with van der Waals surface area (Å²) in [6.45, 7) is 19.1. The highest BCUT2D eigenvalue weighted by Crippen LogP contribution is 2.38. The van der Waals surface area contributed by atoms with Gasteiger partial charge in [-0.1, -0.05) is 20.8 Å². The van der Waals surface area contributed by atoms with Crippen LogP contribution in [0.2, 0.25) is 18.1 Å². The van der Waals surface area contributed by atoms with Gasteiger partial charge in [0.2, 0.25) is 0 Å². The number of rotatable bonds is 7. The lowest BCUT2D eigenvalue weighted by Crippen LogP contribution is -2.41. The largest absolute Gasteiger partial charge is 0.500 e. The number of benzene rings is 1. The predicted molar refractivity (Wildman–Crippen MR) is 132 cm³/mol. The lowest BCUT2D eigenvalue weighted by molar-refractivity contribution is 0.00578. The topological polar surface area (TPSA) is 80.8 Å². The number of aryl methyl sites for hydroxylation is 1. The maximum Gasteiger partial charge on any atom is 0.500 e. The van der Waals surface area contributed by atoms with E-state index in [1.165, 1.54) is 6.07 Å². The number of carboxylic acids is 1. The first-order valence-electron chi connectivity index (χ1n) is 11.5. The molecule has 0 aliphatic carbocycles. The number of fused-ring (bicyclic) bond motifs is 1. The molecular weight excluding hydrogens is 440 g/mol. The second-order valence-electron chi connectivity index (χ2n) is 11.5. The third-order valence-electron chi connectivity index (χ3n) is 7.61. The molecule has 0 saturated carbocycles. The molecule has 3 rings (SSSR count). The molecule has 182 valence electrons. The summed E-state index contributed by atoms with van der Waals surface area (Å²) in [7, 11) is -2.82. The van der Waals surface area contributed by atoms with E-state index >= 15 is 4.39 Å². The zero-order chi connectivity index (χ0) is 25.0. The zero-order valence-corrected chi connectivity index (χ0v) is 22.3. The standard InChI is InChI=1S/C24H37BFNO5Si/c1-22(2,3)33(8,9)30-14-10-11-15-16-12-13-17(26)18(19(16)27-20(15)21(28)29)25-31-23(4,5)24(6,7)32-25/h12-13,27H,10-11,14H2,1-9H3,(H,28,29). The summed E-state index contributed by atoms with van der Waals surface area (Å²) in [5.74, 6) is -1.57. The SMILES string of the molecule is CC1(C)OB(c2c(F)ccc3c(CCCO[Si](C)(C)C(C)(C)C)c(C(=O)O)[nH]c23)OC1(C)C. The molecule has 2 heterocycles. The van der Waals surface area contributed by atoms with Gasteiger partial charge < -0.3 is 23.8 Å². The van der Waals surface area contributed by atoms with Crippen molar-refractivity contribution in [2.24, 2.45) is 0 Å². The lowest BCUT2D eigenvalue weighted by atomic mass is 9.77. The first-order chi connectivity index (χ1) is 15.0. The highest BCUT2D eigenvalue weighted by Gasteiger charge is 2.53. The number of carbonyl (C=O) groups is 1. The molecule has 1 aliphatic rings. The normalized spacial score (nSPS) is 18.3. The quantitative estimate of drug-likeness (QED) is 0.420. The molecular formula is C24H37BFNO5Si. The average molecular weight is 477 g/mol. The molecule has 9 heteroatoms. The fourth-order valence-electron chi connectivity index (χ4n) is 3.74. The molecule has 1 aromatic heterocycles. The van der Waals surface area contributed by atoms with Crippen molar-refractivity contribution in [1.29, 1.82) is 0 Å². The summed E-state index contributed by atoms with van der Waals surface area (Å²) < 4.78 is 33.4. The van der Waals surface area contributed by atoms with Gasteiger partial charge in [0.15, 0.2) is 8.32 Å². The Morgan fingerprint density at radius 3 is 2.27 bits per heavy atom. The summed E-state index contributed by atoms with van der Waals surface area (Å²) in [5, 5.41) is 10.6. The van der Waals surface area contributed by atoms with Crippen molar-refractivity contribution >= 4 is 37.8 Å². The van der Waals surface area contributed by atoms with Crippen molar-refractivity contribution in [3.8, 4) is 0 Å². The van der Waals surface area contributed by atoms with Gasteiger partial charge in [0.25, 0.3) is 0 Å². The molecule has 6 nitrogen and oxygen atoms in total. The van der Waals surface area contributed by atoms with E-state index in [1.807, 2.05) is 27.7 Å². The van der Waals surface area contributed by atoms with Crippen LogP contribution in [0.1, 0.15) is 70.9 Å². The number of aromatic carboxylic acids is 1. The van der Waals surface area contributed by atoms with Crippen LogP contribution < -0.4 is 5.46 Å². The number of hydrogen-bond donors (Lipinski definition) is 2. The van der Waals surface area contributed by atoms with E-state index in [0.29, 0.717) is 35.9 Å². The molecule has 0 unspecified atom stereocenters. The van der Waals surface area contributed by atoms with Gasteiger partial charge in [-0.2, -0.15) is 0 Å². The molecule has 0 spiro atoms. The van der Waals surface area contributed by atoms with Gasteiger partial charge in [-0.25, -0.2) is 9.18 Å². The van der Waals surface area contributed by atoms with Crippen molar-refractivity contribution in [3.05, 3.63) is 29.2 Å². The molecule has 33 heavy (non-hydrogen) atoms. The maximum absolute atomic E-state index is 15.0. The molecule has 1 aliphatic heterocycles. The number of H-pyrrole nitrogens is 1. The number of carboxylic acid groups (broad SMARTS) is 1. The minimum absolute atomic E-state index is 0.0701. The van der Waals surface area contributed by atoms with Gasteiger partial charge in [-0.15, -0.1) is 0 Å². The Hall–Kier alpha value is -1.68. The van der Waals surface area contributed by atoms with Gasteiger partial charge in [0.1, 0.15) is 11.5 Å². The molecule has 1 saturated heterocycles. The highest BCUT2D eigenvalue weighted by atomic mass is 28.4. The zero-order valence-electron chi connectivity index (χ0n) is 21.3. The number of hydrogen-bond acceptors (Lipinski definition) is 4. The van der Waals surface area contributed by atoms with Crippen LogP contribution in [0.4, 0.5) is 4.39 Å². The average Bonchev–Trinajstić information content (AvgIpc) is 3.11. The van der Waals surface area contributed by atoms with E-state index in [4.69, 9.17) is 13.7 Å². The van der Waals surface area contributed by atoms with E-state index in [0.717, 1.165) is 0 Å². The molecule has 1 fully saturated rings. The number of aromatic nitrogens is 1. The van der Waals surface area contributed by atoms with Crippen molar-refractivity contribution in [3.63, 3.8) is 0 Å². The Labute approximate surface area is 197 Å². The first-order valence-corrected chi connectivity index (χ1v) is 14.5. The van der Waals surface area contributed by atoms with Crippen LogP contribution in [0.15, 0.2) is 12.1 Å². The van der Waals surface area contributed by atoms with Crippen molar-refractivity contribution in [2.75, 3.05) is 6.61 Å². The molecule has 0 bridgehead atoms. The number of halogens is 1. The Balaban J connectivity index is 1.93. The van der Waals surface area contributed by atoms with Crippen molar-refractivity contribution in [1.82, 2.24) is 4.98 Å². The van der Waals surface area contributed by atoms with E-state index in [1.54, 1.807) is 6.07 Å². The Kier molecular flexibility index (Phi) is 6.69. The monoisotopic (exact) mass is 477 g/mol. The van der Waals surface area contributed by atoms with Crippen molar-refractivity contribution < 1.29 is 28.0 Å². The molecule has 0 atom stereocenters. The van der Waals surface area contributed by atoms with Crippen LogP contribution in [0.3, 0.4) is 0 Å². The predicted octanol–water partition coefficient (Wildman–Crippen LogP) is 5.26. The molecule has 2 N–H and O–H groups in total.